The monoisotopic (exact) mass is 433 g/mol. The Morgan fingerprint density at radius 1 is 1.03 bits per heavy atom. The van der Waals surface area contributed by atoms with Crippen molar-refractivity contribution in [3.8, 4) is 11.5 Å². The summed E-state index contributed by atoms with van der Waals surface area (Å²) in [4.78, 5) is 41.0. The smallest absolute Gasteiger partial charge is 0.308 e. The lowest BCUT2D eigenvalue weighted by Crippen LogP contribution is -2.56. The molecule has 3 rings (SSSR count). The molecule has 2 saturated heterocycles. The molecule has 0 saturated carbocycles. The van der Waals surface area contributed by atoms with Gasteiger partial charge in [0.05, 0.1) is 39.7 Å². The van der Waals surface area contributed by atoms with E-state index in [-0.39, 0.29) is 30.1 Å². The highest BCUT2D eigenvalue weighted by Crippen LogP contribution is 2.25. The van der Waals surface area contributed by atoms with Crippen LogP contribution in [0.3, 0.4) is 0 Å². The Balaban J connectivity index is 1.65. The summed E-state index contributed by atoms with van der Waals surface area (Å²) >= 11 is 0. The molecule has 0 aromatic heterocycles. The van der Waals surface area contributed by atoms with Crippen molar-refractivity contribution < 1.29 is 28.6 Å². The van der Waals surface area contributed by atoms with E-state index in [0.29, 0.717) is 57.1 Å². The molecule has 31 heavy (non-hydrogen) atoms. The van der Waals surface area contributed by atoms with Crippen molar-refractivity contribution in [2.24, 2.45) is 5.92 Å². The maximum absolute atomic E-state index is 12.9. The van der Waals surface area contributed by atoms with Crippen molar-refractivity contribution >= 4 is 17.8 Å². The van der Waals surface area contributed by atoms with E-state index in [1.807, 2.05) is 17.0 Å². The molecule has 2 heterocycles. The van der Waals surface area contributed by atoms with E-state index < -0.39 is 6.04 Å². The molecule has 2 aliphatic rings. The minimum atomic E-state index is -0.545. The number of hydrogen-bond acceptors (Lipinski definition) is 7. The summed E-state index contributed by atoms with van der Waals surface area (Å²) in [6, 6.07) is 5.07. The predicted octanol–water partition coefficient (Wildman–Crippen LogP) is 0.806. The molecule has 2 aliphatic heterocycles. The second kappa shape index (κ2) is 10.5. The Kier molecular flexibility index (Phi) is 7.73. The van der Waals surface area contributed by atoms with E-state index in [0.717, 1.165) is 5.56 Å². The van der Waals surface area contributed by atoms with Crippen molar-refractivity contribution in [1.29, 1.82) is 0 Å². The fourth-order valence-electron chi connectivity index (χ4n) is 4.19. The van der Waals surface area contributed by atoms with E-state index in [1.54, 1.807) is 25.2 Å². The van der Waals surface area contributed by atoms with Crippen LogP contribution in [0.1, 0.15) is 24.8 Å². The van der Waals surface area contributed by atoms with Crippen LogP contribution >= 0.6 is 0 Å². The summed E-state index contributed by atoms with van der Waals surface area (Å²) < 4.78 is 15.5. The number of esters is 1. The Hall–Kier alpha value is -2.81. The summed E-state index contributed by atoms with van der Waals surface area (Å²) in [6.07, 6.45) is 1.28. The first-order valence-corrected chi connectivity index (χ1v) is 10.5. The van der Waals surface area contributed by atoms with Gasteiger partial charge in [-0.15, -0.1) is 0 Å². The minimum Gasteiger partial charge on any atom is -0.497 e. The standard InChI is InChI=1S/C22H31N3O6/c1-29-17-10-15(11-18(12-17)30-2)14-25-9-6-23-21(27)19(25)13-20(26)24-7-4-16(5-8-24)22(28)31-3/h10-12,16,19H,4-9,13-14H2,1-3H3,(H,23,27)/t19-/m0/s1. The molecular weight excluding hydrogens is 402 g/mol. The Labute approximate surface area is 182 Å². The maximum Gasteiger partial charge on any atom is 0.308 e. The Bertz CT molecular complexity index is 784. The quantitative estimate of drug-likeness (QED) is 0.636. The third-order valence-electron chi connectivity index (χ3n) is 5.99. The van der Waals surface area contributed by atoms with Gasteiger partial charge in [-0.2, -0.15) is 0 Å². The molecule has 0 radical (unpaired) electrons. The van der Waals surface area contributed by atoms with Crippen LogP contribution in [0.2, 0.25) is 0 Å². The third-order valence-corrected chi connectivity index (χ3v) is 5.99. The molecule has 0 unspecified atom stereocenters. The van der Waals surface area contributed by atoms with Gasteiger partial charge in [-0.05, 0) is 30.5 Å². The van der Waals surface area contributed by atoms with Crippen LogP contribution < -0.4 is 14.8 Å². The van der Waals surface area contributed by atoms with Gasteiger partial charge in [0.1, 0.15) is 11.5 Å². The number of amides is 2. The van der Waals surface area contributed by atoms with Crippen molar-refractivity contribution in [1.82, 2.24) is 15.1 Å². The van der Waals surface area contributed by atoms with Gasteiger partial charge in [0.2, 0.25) is 11.8 Å². The van der Waals surface area contributed by atoms with Crippen LogP contribution in [-0.2, 0) is 25.7 Å². The first kappa shape index (κ1) is 22.9. The number of methoxy groups -OCH3 is 3. The number of likely N-dealkylation sites (tertiary alicyclic amines) is 1. The zero-order valence-electron chi connectivity index (χ0n) is 18.4. The molecule has 170 valence electrons. The van der Waals surface area contributed by atoms with Crippen LogP contribution in [0.15, 0.2) is 18.2 Å². The van der Waals surface area contributed by atoms with E-state index in [4.69, 9.17) is 14.2 Å². The molecule has 1 atom stereocenters. The van der Waals surface area contributed by atoms with Crippen molar-refractivity contribution in [2.75, 3.05) is 47.5 Å². The summed E-state index contributed by atoms with van der Waals surface area (Å²) in [5.74, 6) is 0.761. The van der Waals surface area contributed by atoms with Crippen molar-refractivity contribution in [3.63, 3.8) is 0 Å². The lowest BCUT2D eigenvalue weighted by atomic mass is 9.96. The molecule has 2 amide bonds. The Morgan fingerprint density at radius 3 is 2.26 bits per heavy atom. The van der Waals surface area contributed by atoms with Gasteiger partial charge < -0.3 is 24.4 Å². The molecule has 1 aromatic carbocycles. The van der Waals surface area contributed by atoms with Gasteiger partial charge in [0.15, 0.2) is 0 Å². The summed E-state index contributed by atoms with van der Waals surface area (Å²) in [5, 5.41) is 2.87. The number of nitrogens with one attached hydrogen (secondary N) is 1. The van der Waals surface area contributed by atoms with E-state index >= 15 is 0 Å². The average molecular weight is 434 g/mol. The molecule has 9 nitrogen and oxygen atoms in total. The zero-order chi connectivity index (χ0) is 22.4. The van der Waals surface area contributed by atoms with Gasteiger partial charge in [-0.1, -0.05) is 0 Å². The minimum absolute atomic E-state index is 0.0708. The van der Waals surface area contributed by atoms with E-state index in [2.05, 4.69) is 5.32 Å². The molecule has 9 heteroatoms. The topological polar surface area (TPSA) is 97.4 Å². The maximum atomic E-state index is 12.9. The normalized spacial score (nSPS) is 20.2. The number of carbonyl (C=O) groups is 3. The van der Waals surface area contributed by atoms with Gasteiger partial charge >= 0.3 is 5.97 Å². The Morgan fingerprint density at radius 2 is 1.68 bits per heavy atom. The highest BCUT2D eigenvalue weighted by Gasteiger charge is 2.34. The predicted molar refractivity (Wildman–Crippen MR) is 113 cm³/mol. The van der Waals surface area contributed by atoms with E-state index in [9.17, 15) is 14.4 Å². The number of carbonyl (C=O) groups excluding carboxylic acids is 3. The molecular formula is C22H31N3O6. The number of benzene rings is 1. The summed E-state index contributed by atoms with van der Waals surface area (Å²) in [7, 11) is 4.57. The number of piperidine rings is 1. The zero-order valence-corrected chi connectivity index (χ0v) is 18.4. The first-order chi connectivity index (χ1) is 14.9. The number of ether oxygens (including phenoxy) is 3. The summed E-state index contributed by atoms with van der Waals surface area (Å²) in [5.41, 5.74) is 0.947. The number of rotatable bonds is 7. The van der Waals surface area contributed by atoms with Crippen LogP contribution in [0.5, 0.6) is 11.5 Å². The van der Waals surface area contributed by atoms with Crippen LogP contribution in [0, 0.1) is 5.92 Å². The number of piperazine rings is 1. The van der Waals surface area contributed by atoms with Gasteiger partial charge in [-0.25, -0.2) is 0 Å². The van der Waals surface area contributed by atoms with Crippen molar-refractivity contribution in [3.05, 3.63) is 23.8 Å². The van der Waals surface area contributed by atoms with E-state index in [1.165, 1.54) is 7.11 Å². The second-order valence-electron chi connectivity index (χ2n) is 7.88. The SMILES string of the molecule is COC(=O)C1CCN(C(=O)C[C@H]2C(=O)NCCN2Cc2cc(OC)cc(OC)c2)CC1. The molecule has 0 aliphatic carbocycles. The number of nitrogens with zero attached hydrogens (tertiary/aromatic N) is 2. The highest BCUT2D eigenvalue weighted by atomic mass is 16.5. The van der Waals surface area contributed by atoms with Crippen LogP contribution in [0.4, 0.5) is 0 Å². The second-order valence-corrected chi connectivity index (χ2v) is 7.88. The first-order valence-electron chi connectivity index (χ1n) is 10.5. The fraction of sp³-hybridized carbons (Fsp3) is 0.591. The van der Waals surface area contributed by atoms with Crippen LogP contribution in [-0.4, -0.2) is 81.1 Å². The fourth-order valence-corrected chi connectivity index (χ4v) is 4.19. The molecule has 1 aromatic rings. The molecule has 2 fully saturated rings. The molecule has 1 N–H and O–H groups in total. The van der Waals surface area contributed by atoms with Gasteiger partial charge in [0, 0.05) is 38.8 Å². The highest BCUT2D eigenvalue weighted by molar-refractivity contribution is 5.89. The summed E-state index contributed by atoms with van der Waals surface area (Å²) in [6.45, 7) is 2.69. The van der Waals surface area contributed by atoms with Gasteiger partial charge in [0.25, 0.3) is 0 Å². The molecule has 0 bridgehead atoms. The van der Waals surface area contributed by atoms with Crippen LogP contribution in [0.25, 0.3) is 0 Å². The van der Waals surface area contributed by atoms with Crippen molar-refractivity contribution in [2.45, 2.75) is 31.8 Å². The lowest BCUT2D eigenvalue weighted by Gasteiger charge is -2.37. The number of hydrogen-bond donors (Lipinski definition) is 1. The van der Waals surface area contributed by atoms with Gasteiger partial charge in [-0.3, -0.25) is 19.3 Å². The third kappa shape index (κ3) is 5.66. The molecule has 0 spiro atoms. The lowest BCUT2D eigenvalue weighted by molar-refractivity contribution is -0.149. The largest absolute Gasteiger partial charge is 0.497 e. The average Bonchev–Trinajstić information content (AvgIpc) is 2.80.